The number of carbonyl (C=O) groups excluding carboxylic acids is 1. The minimum atomic E-state index is -0.633. The predicted octanol–water partition coefficient (Wildman–Crippen LogP) is 5.20. The SMILES string of the molecule is COc1cccc(C2C(C#N)=C(N)Oc3cc(OC(=O)c4oc5ccccc5c4C)ccc32)c1OC. The number of ether oxygens (including phenoxy) is 4. The number of allylic oxidation sites excluding steroid dienone is 1. The van der Waals surface area contributed by atoms with E-state index in [4.69, 9.17) is 29.1 Å². The highest BCUT2D eigenvalue weighted by atomic mass is 16.5. The summed E-state index contributed by atoms with van der Waals surface area (Å²) in [5, 5.41) is 10.7. The van der Waals surface area contributed by atoms with Gasteiger partial charge in [0.1, 0.15) is 28.7 Å². The molecule has 0 aliphatic carbocycles. The fourth-order valence-corrected chi connectivity index (χ4v) is 4.48. The number of furan rings is 1. The molecule has 0 radical (unpaired) electrons. The first kappa shape index (κ1) is 22.9. The van der Waals surface area contributed by atoms with Gasteiger partial charge in [-0.3, -0.25) is 0 Å². The van der Waals surface area contributed by atoms with E-state index in [9.17, 15) is 10.1 Å². The molecule has 8 heteroatoms. The standard InChI is InChI=1S/C28H22N2O6/c1-15-17-7-4-5-9-21(17)35-25(15)28(31)34-16-11-12-18-23(13-16)36-27(30)20(14-29)24(18)19-8-6-10-22(32-2)26(19)33-3/h4-13,24H,30H2,1-3H3. The summed E-state index contributed by atoms with van der Waals surface area (Å²) >= 11 is 0. The smallest absolute Gasteiger partial charge is 0.379 e. The second kappa shape index (κ2) is 9.04. The summed E-state index contributed by atoms with van der Waals surface area (Å²) in [6.07, 6.45) is 0. The molecule has 4 aromatic rings. The first-order valence-electron chi connectivity index (χ1n) is 11.1. The fourth-order valence-electron chi connectivity index (χ4n) is 4.48. The first-order valence-corrected chi connectivity index (χ1v) is 11.1. The number of fused-ring (bicyclic) bond motifs is 2. The molecule has 0 spiro atoms. The normalized spacial score (nSPS) is 14.6. The fraction of sp³-hybridized carbons (Fsp3) is 0.143. The second-order valence-corrected chi connectivity index (χ2v) is 8.15. The van der Waals surface area contributed by atoms with Crippen molar-refractivity contribution in [1.29, 1.82) is 5.26 Å². The molecule has 180 valence electrons. The van der Waals surface area contributed by atoms with Gasteiger partial charge in [0.25, 0.3) is 0 Å². The summed E-state index contributed by atoms with van der Waals surface area (Å²) in [6.45, 7) is 1.80. The number of nitrogens with zero attached hydrogens (tertiary/aromatic N) is 1. The van der Waals surface area contributed by atoms with Gasteiger partial charge >= 0.3 is 5.97 Å². The molecule has 2 heterocycles. The van der Waals surface area contributed by atoms with E-state index in [0.717, 1.165) is 5.39 Å². The Balaban J connectivity index is 1.53. The molecule has 0 amide bonds. The summed E-state index contributed by atoms with van der Waals surface area (Å²) in [6, 6.07) is 19.9. The number of methoxy groups -OCH3 is 2. The molecular weight excluding hydrogens is 460 g/mol. The Morgan fingerprint density at radius 3 is 2.56 bits per heavy atom. The average molecular weight is 482 g/mol. The summed E-state index contributed by atoms with van der Waals surface area (Å²) in [4.78, 5) is 12.9. The van der Waals surface area contributed by atoms with E-state index in [1.165, 1.54) is 7.11 Å². The van der Waals surface area contributed by atoms with Crippen molar-refractivity contribution in [1.82, 2.24) is 0 Å². The maximum atomic E-state index is 12.9. The van der Waals surface area contributed by atoms with Crippen LogP contribution in [0.1, 0.15) is 33.2 Å². The third kappa shape index (κ3) is 3.67. The number of rotatable bonds is 5. The quantitative estimate of drug-likeness (QED) is 0.305. The maximum Gasteiger partial charge on any atom is 0.379 e. The van der Waals surface area contributed by atoms with Crippen LogP contribution in [0.5, 0.6) is 23.0 Å². The van der Waals surface area contributed by atoms with Gasteiger partial charge in [-0.1, -0.05) is 36.4 Å². The molecule has 2 N–H and O–H groups in total. The number of aryl methyl sites for hydroxylation is 1. The van der Waals surface area contributed by atoms with Crippen LogP contribution in [0.15, 0.2) is 76.5 Å². The third-order valence-electron chi connectivity index (χ3n) is 6.17. The molecule has 1 aliphatic rings. The maximum absolute atomic E-state index is 12.9. The van der Waals surface area contributed by atoms with Gasteiger partial charge in [-0.25, -0.2) is 4.79 Å². The highest BCUT2D eigenvalue weighted by Crippen LogP contribution is 2.48. The zero-order valence-corrected chi connectivity index (χ0v) is 19.8. The number of nitriles is 1. The molecule has 5 rings (SSSR count). The number of nitrogens with two attached hydrogens (primary N) is 1. The minimum absolute atomic E-state index is 0.0449. The van der Waals surface area contributed by atoms with Crippen LogP contribution < -0.4 is 24.7 Å². The van der Waals surface area contributed by atoms with E-state index >= 15 is 0 Å². The van der Waals surface area contributed by atoms with Crippen LogP contribution in [-0.2, 0) is 0 Å². The number of benzene rings is 3. The Morgan fingerprint density at radius 1 is 1.03 bits per heavy atom. The van der Waals surface area contributed by atoms with Gasteiger partial charge in [-0.05, 0) is 25.1 Å². The Morgan fingerprint density at radius 2 is 1.83 bits per heavy atom. The van der Waals surface area contributed by atoms with Crippen molar-refractivity contribution < 1.29 is 28.2 Å². The van der Waals surface area contributed by atoms with E-state index < -0.39 is 11.9 Å². The van der Waals surface area contributed by atoms with Crippen molar-refractivity contribution in [3.63, 3.8) is 0 Å². The lowest BCUT2D eigenvalue weighted by Crippen LogP contribution is -2.21. The van der Waals surface area contributed by atoms with Crippen LogP contribution in [0.2, 0.25) is 0 Å². The molecule has 0 bridgehead atoms. The molecule has 0 saturated carbocycles. The van der Waals surface area contributed by atoms with Gasteiger partial charge in [-0.2, -0.15) is 5.26 Å². The molecule has 0 fully saturated rings. The lowest BCUT2D eigenvalue weighted by molar-refractivity contribution is 0.0702. The minimum Gasteiger partial charge on any atom is -0.493 e. The van der Waals surface area contributed by atoms with E-state index in [1.807, 2.05) is 30.3 Å². The molecular formula is C28H22N2O6. The number of hydrogen-bond acceptors (Lipinski definition) is 8. The van der Waals surface area contributed by atoms with E-state index in [-0.39, 0.29) is 23.0 Å². The van der Waals surface area contributed by atoms with E-state index in [1.54, 1.807) is 44.4 Å². The average Bonchev–Trinajstić information content (AvgIpc) is 3.23. The van der Waals surface area contributed by atoms with Crippen molar-refractivity contribution in [3.8, 4) is 29.1 Å². The molecule has 1 aliphatic heterocycles. The Hall–Kier alpha value is -4.90. The number of para-hydroxylation sites is 2. The van der Waals surface area contributed by atoms with Crippen molar-refractivity contribution in [3.05, 3.63) is 94.6 Å². The lowest BCUT2D eigenvalue weighted by Gasteiger charge is -2.28. The van der Waals surface area contributed by atoms with Crippen LogP contribution in [0, 0.1) is 18.3 Å². The largest absolute Gasteiger partial charge is 0.493 e. The molecule has 3 aromatic carbocycles. The van der Waals surface area contributed by atoms with Crippen LogP contribution in [-0.4, -0.2) is 20.2 Å². The number of hydrogen-bond donors (Lipinski definition) is 1. The summed E-state index contributed by atoms with van der Waals surface area (Å²) < 4.78 is 28.1. The monoisotopic (exact) mass is 482 g/mol. The summed E-state index contributed by atoms with van der Waals surface area (Å²) in [7, 11) is 3.07. The number of carbonyl (C=O) groups is 1. The van der Waals surface area contributed by atoms with Crippen LogP contribution in [0.25, 0.3) is 11.0 Å². The van der Waals surface area contributed by atoms with E-state index in [2.05, 4.69) is 6.07 Å². The highest BCUT2D eigenvalue weighted by molar-refractivity contribution is 5.96. The van der Waals surface area contributed by atoms with E-state index in [0.29, 0.717) is 39.5 Å². The van der Waals surface area contributed by atoms with Crippen molar-refractivity contribution in [2.75, 3.05) is 14.2 Å². The second-order valence-electron chi connectivity index (χ2n) is 8.15. The zero-order valence-electron chi connectivity index (χ0n) is 19.8. The Labute approximate surface area is 207 Å². The van der Waals surface area contributed by atoms with Crippen LogP contribution in [0.4, 0.5) is 0 Å². The van der Waals surface area contributed by atoms with Crippen molar-refractivity contribution >= 4 is 16.9 Å². The molecule has 0 saturated heterocycles. The first-order chi connectivity index (χ1) is 17.5. The molecule has 8 nitrogen and oxygen atoms in total. The summed E-state index contributed by atoms with van der Waals surface area (Å²) in [5.74, 6) is 0.463. The van der Waals surface area contributed by atoms with Gasteiger partial charge in [0.2, 0.25) is 11.6 Å². The topological polar surface area (TPSA) is 117 Å². The van der Waals surface area contributed by atoms with Crippen LogP contribution in [0.3, 0.4) is 0 Å². The highest BCUT2D eigenvalue weighted by Gasteiger charge is 2.34. The molecule has 1 atom stereocenters. The molecule has 1 aromatic heterocycles. The molecule has 36 heavy (non-hydrogen) atoms. The lowest BCUT2D eigenvalue weighted by atomic mass is 9.83. The predicted molar refractivity (Wildman–Crippen MR) is 131 cm³/mol. The van der Waals surface area contributed by atoms with Crippen LogP contribution >= 0.6 is 0 Å². The Kier molecular flexibility index (Phi) is 5.74. The van der Waals surface area contributed by atoms with Gasteiger partial charge < -0.3 is 29.1 Å². The zero-order chi connectivity index (χ0) is 25.4. The van der Waals surface area contributed by atoms with Crippen molar-refractivity contribution in [2.45, 2.75) is 12.8 Å². The molecule has 1 unspecified atom stereocenters. The Bertz CT molecular complexity index is 1580. The van der Waals surface area contributed by atoms with Gasteiger partial charge in [0.15, 0.2) is 11.5 Å². The summed E-state index contributed by atoms with van der Waals surface area (Å²) in [5.41, 5.74) is 9.02. The van der Waals surface area contributed by atoms with Gasteiger partial charge in [-0.15, -0.1) is 0 Å². The van der Waals surface area contributed by atoms with Gasteiger partial charge in [0.05, 0.1) is 20.1 Å². The number of esters is 1. The van der Waals surface area contributed by atoms with Gasteiger partial charge in [0, 0.05) is 28.1 Å². The third-order valence-corrected chi connectivity index (χ3v) is 6.17. The van der Waals surface area contributed by atoms with Crippen molar-refractivity contribution in [2.24, 2.45) is 5.73 Å².